The zero-order chi connectivity index (χ0) is 18.9. The molecule has 0 aromatic heterocycles. The fraction of sp³-hybridized carbons (Fsp3) is 0.294. The number of aryl methyl sites for hydroxylation is 1. The summed E-state index contributed by atoms with van der Waals surface area (Å²) in [5.41, 5.74) is 0.668. The number of hydrogen-bond donors (Lipinski definition) is 1. The molecule has 0 radical (unpaired) electrons. The van der Waals surface area contributed by atoms with Crippen LogP contribution in [0.25, 0.3) is 0 Å². The molecule has 1 N–H and O–H groups in total. The Labute approximate surface area is 150 Å². The van der Waals surface area contributed by atoms with Gasteiger partial charge >= 0.3 is 0 Å². The van der Waals surface area contributed by atoms with Crippen molar-refractivity contribution in [3.05, 3.63) is 69.5 Å². The molecular formula is C17H18FN3O4S. The summed E-state index contributed by atoms with van der Waals surface area (Å²) < 4.78 is 41.1. The smallest absolute Gasteiger partial charge is 0.273 e. The molecule has 7 nitrogen and oxygen atoms in total. The van der Waals surface area contributed by atoms with Gasteiger partial charge in [-0.2, -0.15) is 4.31 Å². The molecule has 9 heteroatoms. The summed E-state index contributed by atoms with van der Waals surface area (Å²) in [5, 5.41) is 14.3. The maximum Gasteiger partial charge on any atom is 0.273 e. The van der Waals surface area contributed by atoms with Crippen molar-refractivity contribution < 1.29 is 17.7 Å². The Morgan fingerprint density at radius 2 is 2.04 bits per heavy atom. The topological polar surface area (TPSA) is 92.6 Å². The zero-order valence-electron chi connectivity index (χ0n) is 14.1. The van der Waals surface area contributed by atoms with Crippen molar-refractivity contribution in [3.8, 4) is 0 Å². The summed E-state index contributed by atoms with van der Waals surface area (Å²) >= 11 is 0. The Bertz CT molecular complexity index is 949. The van der Waals surface area contributed by atoms with Gasteiger partial charge in [-0.3, -0.25) is 10.1 Å². The number of halogens is 1. The lowest BCUT2D eigenvalue weighted by Crippen LogP contribution is -2.48. The lowest BCUT2D eigenvalue weighted by atomic mass is 10.1. The van der Waals surface area contributed by atoms with Crippen LogP contribution in [0.5, 0.6) is 0 Å². The highest BCUT2D eigenvalue weighted by molar-refractivity contribution is 7.89. The minimum absolute atomic E-state index is 0.141. The molecule has 3 rings (SSSR count). The fourth-order valence-corrected chi connectivity index (χ4v) is 4.69. The number of hydrogen-bond acceptors (Lipinski definition) is 5. The quantitative estimate of drug-likeness (QED) is 0.650. The number of nitrogens with zero attached hydrogens (tertiary/aromatic N) is 2. The zero-order valence-corrected chi connectivity index (χ0v) is 14.9. The van der Waals surface area contributed by atoms with E-state index in [0.717, 1.165) is 6.07 Å². The molecule has 1 atom stereocenters. The molecule has 1 aliphatic rings. The molecule has 1 aliphatic heterocycles. The normalized spacial score (nSPS) is 18.6. The Morgan fingerprint density at radius 3 is 2.73 bits per heavy atom. The monoisotopic (exact) mass is 379 g/mol. The molecule has 0 bridgehead atoms. The van der Waals surface area contributed by atoms with Gasteiger partial charge in [0.2, 0.25) is 10.0 Å². The average Bonchev–Trinajstić information content (AvgIpc) is 2.61. The van der Waals surface area contributed by atoms with Crippen molar-refractivity contribution >= 4 is 15.7 Å². The molecule has 2 aromatic carbocycles. The lowest BCUT2D eigenvalue weighted by molar-refractivity contribution is -0.385. The van der Waals surface area contributed by atoms with E-state index < -0.39 is 26.8 Å². The Kier molecular flexibility index (Phi) is 5.03. The first-order valence-corrected chi connectivity index (χ1v) is 9.48. The number of rotatable bonds is 4. The van der Waals surface area contributed by atoms with Crippen LogP contribution in [0.2, 0.25) is 0 Å². The first-order chi connectivity index (χ1) is 12.3. The standard InChI is InChI=1S/C17H18FN3O4S/c1-12-5-6-15(10-16(12)21(22)23)26(24,25)20-8-7-19-11-17(20)13-3-2-4-14(18)9-13/h2-6,9-10,17,19H,7-8,11H2,1H3. The first-order valence-electron chi connectivity index (χ1n) is 8.04. The van der Waals surface area contributed by atoms with Crippen LogP contribution in [-0.4, -0.2) is 37.3 Å². The number of nitro groups is 1. The average molecular weight is 379 g/mol. The van der Waals surface area contributed by atoms with Crippen molar-refractivity contribution in [1.29, 1.82) is 0 Å². The summed E-state index contributed by atoms with van der Waals surface area (Å²) in [5.74, 6) is -0.448. The number of nitrogens with one attached hydrogen (secondary N) is 1. The predicted octanol–water partition coefficient (Wildman–Crippen LogP) is 2.38. The minimum Gasteiger partial charge on any atom is -0.313 e. The summed E-state index contributed by atoms with van der Waals surface area (Å²) in [6.45, 7) is 2.51. The molecule has 1 saturated heterocycles. The van der Waals surface area contributed by atoms with E-state index in [0.29, 0.717) is 24.2 Å². The van der Waals surface area contributed by atoms with E-state index in [-0.39, 0.29) is 17.1 Å². The van der Waals surface area contributed by atoms with Crippen LogP contribution in [0.3, 0.4) is 0 Å². The van der Waals surface area contributed by atoms with Gasteiger partial charge < -0.3 is 5.32 Å². The van der Waals surface area contributed by atoms with Gasteiger partial charge in [0, 0.05) is 31.3 Å². The lowest BCUT2D eigenvalue weighted by Gasteiger charge is -2.35. The van der Waals surface area contributed by atoms with Crippen molar-refractivity contribution in [1.82, 2.24) is 9.62 Å². The number of piperazine rings is 1. The van der Waals surface area contributed by atoms with Crippen molar-refractivity contribution in [2.75, 3.05) is 19.6 Å². The second-order valence-electron chi connectivity index (χ2n) is 6.10. The second-order valence-corrected chi connectivity index (χ2v) is 7.99. The molecule has 0 spiro atoms. The first kappa shape index (κ1) is 18.4. The van der Waals surface area contributed by atoms with E-state index in [1.807, 2.05) is 0 Å². The predicted molar refractivity (Wildman–Crippen MR) is 93.7 cm³/mol. The fourth-order valence-electron chi connectivity index (χ4n) is 3.05. The largest absolute Gasteiger partial charge is 0.313 e. The molecule has 1 heterocycles. The van der Waals surface area contributed by atoms with Gasteiger partial charge in [0.25, 0.3) is 5.69 Å². The van der Waals surface area contributed by atoms with Gasteiger partial charge in [0.15, 0.2) is 0 Å². The van der Waals surface area contributed by atoms with Crippen LogP contribution in [0.1, 0.15) is 17.2 Å². The molecule has 0 aliphatic carbocycles. The van der Waals surface area contributed by atoms with Crippen molar-refractivity contribution in [2.45, 2.75) is 17.9 Å². The summed E-state index contributed by atoms with van der Waals surface area (Å²) in [4.78, 5) is 10.4. The van der Waals surface area contributed by atoms with Crippen LogP contribution < -0.4 is 5.32 Å². The maximum atomic E-state index is 13.6. The Hall–Kier alpha value is -2.36. The summed E-state index contributed by atoms with van der Waals surface area (Å²) in [6, 6.07) is 9.06. The third kappa shape index (κ3) is 3.46. The van der Waals surface area contributed by atoms with Crippen molar-refractivity contribution in [3.63, 3.8) is 0 Å². The third-order valence-corrected chi connectivity index (χ3v) is 6.32. The SMILES string of the molecule is Cc1ccc(S(=O)(=O)N2CCNCC2c2cccc(F)c2)cc1[N+](=O)[O-]. The van der Waals surface area contributed by atoms with E-state index in [2.05, 4.69) is 5.32 Å². The van der Waals surface area contributed by atoms with Gasteiger partial charge in [-0.15, -0.1) is 0 Å². The highest BCUT2D eigenvalue weighted by atomic mass is 32.2. The molecule has 1 fully saturated rings. The summed E-state index contributed by atoms with van der Waals surface area (Å²) in [7, 11) is -3.98. The minimum atomic E-state index is -3.98. The molecule has 0 amide bonds. The molecule has 0 saturated carbocycles. The second kappa shape index (κ2) is 7.10. The van der Waals surface area contributed by atoms with Gasteiger partial charge in [0.1, 0.15) is 5.82 Å². The molecular weight excluding hydrogens is 361 g/mol. The summed E-state index contributed by atoms with van der Waals surface area (Å²) in [6.07, 6.45) is 0. The molecule has 26 heavy (non-hydrogen) atoms. The van der Waals surface area contributed by atoms with E-state index >= 15 is 0 Å². The van der Waals surface area contributed by atoms with Crippen LogP contribution in [0.4, 0.5) is 10.1 Å². The highest BCUT2D eigenvalue weighted by Gasteiger charge is 2.35. The van der Waals surface area contributed by atoms with Crippen LogP contribution in [0, 0.1) is 22.9 Å². The van der Waals surface area contributed by atoms with Crippen LogP contribution >= 0.6 is 0 Å². The van der Waals surface area contributed by atoms with Gasteiger partial charge in [-0.25, -0.2) is 12.8 Å². The molecule has 2 aromatic rings. The van der Waals surface area contributed by atoms with Crippen molar-refractivity contribution in [2.24, 2.45) is 0 Å². The van der Waals surface area contributed by atoms with Gasteiger partial charge in [0.05, 0.1) is 15.9 Å². The van der Waals surface area contributed by atoms with E-state index in [9.17, 15) is 22.9 Å². The van der Waals surface area contributed by atoms with Crippen LogP contribution in [-0.2, 0) is 10.0 Å². The van der Waals surface area contributed by atoms with E-state index in [4.69, 9.17) is 0 Å². The van der Waals surface area contributed by atoms with Gasteiger partial charge in [-0.05, 0) is 30.7 Å². The highest BCUT2D eigenvalue weighted by Crippen LogP contribution is 2.31. The van der Waals surface area contributed by atoms with E-state index in [1.165, 1.54) is 34.6 Å². The Morgan fingerprint density at radius 1 is 1.27 bits per heavy atom. The number of sulfonamides is 1. The third-order valence-electron chi connectivity index (χ3n) is 4.41. The van der Waals surface area contributed by atoms with Gasteiger partial charge in [-0.1, -0.05) is 18.2 Å². The molecule has 138 valence electrons. The van der Waals surface area contributed by atoms with E-state index in [1.54, 1.807) is 13.0 Å². The van der Waals surface area contributed by atoms with Crippen LogP contribution in [0.15, 0.2) is 47.4 Å². The Balaban J connectivity index is 2.04. The maximum absolute atomic E-state index is 13.6. The molecule has 1 unspecified atom stereocenters. The number of nitro benzene ring substituents is 1. The number of benzene rings is 2.